The molecule has 0 atom stereocenters. The molecule has 0 aliphatic heterocycles. The van der Waals surface area contributed by atoms with Crippen molar-refractivity contribution in [3.05, 3.63) is 394 Å². The van der Waals surface area contributed by atoms with Crippen LogP contribution in [0.4, 0.5) is 0 Å². The van der Waals surface area contributed by atoms with E-state index in [4.69, 9.17) is 15.0 Å². The molecule has 24 aromatic rings. The van der Waals surface area contributed by atoms with Gasteiger partial charge in [0.25, 0.3) is 0 Å². The van der Waals surface area contributed by atoms with E-state index in [1.165, 1.54) is 32.6 Å². The third-order valence-corrected chi connectivity index (χ3v) is 23.6. The first-order valence-electron chi connectivity index (χ1n) is 38.9. The second-order valence-corrected chi connectivity index (χ2v) is 29.8. The largest absolute Gasteiger partial charge is 0.309 e. The molecule has 0 fully saturated rings. The first kappa shape index (κ1) is 63.5. The van der Waals surface area contributed by atoms with Crippen LogP contribution in [0.15, 0.2) is 394 Å². The number of para-hydroxylation sites is 10. The van der Waals surface area contributed by atoms with Crippen molar-refractivity contribution in [2.45, 2.75) is 0 Å². The average molecular weight is 1450 g/mol. The number of fused-ring (bicyclic) bond motifs is 18. The first-order valence-corrected chi connectivity index (χ1v) is 38.9. The van der Waals surface area contributed by atoms with Crippen LogP contribution in [0.25, 0.3) is 221 Å². The topological polar surface area (TPSA) is 68.2 Å². The predicted molar refractivity (Wildman–Crippen MR) is 473 cm³/mol. The molecular formula is C105H65N9. The molecule has 114 heavy (non-hydrogen) atoms. The summed E-state index contributed by atoms with van der Waals surface area (Å²) in [6, 6.07) is 144. The lowest BCUT2D eigenvalue weighted by molar-refractivity contribution is 0.958. The Labute approximate surface area is 653 Å². The normalized spacial score (nSPS) is 12.0. The minimum atomic E-state index is 0.590. The predicted octanol–water partition coefficient (Wildman–Crippen LogP) is 26.8. The number of rotatable bonds is 11. The van der Waals surface area contributed by atoms with E-state index in [9.17, 15) is 0 Å². The van der Waals surface area contributed by atoms with Crippen LogP contribution in [0.3, 0.4) is 0 Å². The average Bonchev–Trinajstić information content (AvgIpc) is 1.49. The number of aromatic nitrogens is 9. The maximum absolute atomic E-state index is 6.72. The maximum Gasteiger partial charge on any atom is 0.165 e. The second-order valence-electron chi connectivity index (χ2n) is 29.8. The highest BCUT2D eigenvalue weighted by atomic mass is 15.2. The molecular weight excluding hydrogens is 1390 g/mol. The van der Waals surface area contributed by atoms with E-state index < -0.39 is 0 Å². The number of benzene rings is 16. The Morgan fingerprint density at radius 1 is 0.158 bits per heavy atom. The zero-order valence-corrected chi connectivity index (χ0v) is 61.6. The van der Waals surface area contributed by atoms with Gasteiger partial charge in [0.15, 0.2) is 17.5 Å². The molecule has 530 valence electrons. The van der Waals surface area contributed by atoms with Gasteiger partial charge in [-0.25, -0.2) is 15.0 Å². The highest BCUT2D eigenvalue weighted by molar-refractivity contribution is 6.18. The van der Waals surface area contributed by atoms with Crippen molar-refractivity contribution in [3.63, 3.8) is 0 Å². The van der Waals surface area contributed by atoms with E-state index >= 15 is 0 Å². The fourth-order valence-corrected chi connectivity index (χ4v) is 18.7. The summed E-state index contributed by atoms with van der Waals surface area (Å²) < 4.78 is 14.7. The molecule has 0 unspecified atom stereocenters. The van der Waals surface area contributed by atoms with Crippen molar-refractivity contribution >= 4 is 131 Å². The van der Waals surface area contributed by atoms with Gasteiger partial charge >= 0.3 is 0 Å². The van der Waals surface area contributed by atoms with Gasteiger partial charge in [0.1, 0.15) is 11.4 Å². The summed E-state index contributed by atoms with van der Waals surface area (Å²) in [5.74, 6) is 2.00. The van der Waals surface area contributed by atoms with Crippen molar-refractivity contribution in [1.29, 1.82) is 0 Å². The number of nitrogens with zero attached hydrogens (tertiary/aromatic N) is 9. The van der Waals surface area contributed by atoms with Gasteiger partial charge in [-0.1, -0.05) is 267 Å². The summed E-state index contributed by atoms with van der Waals surface area (Å²) in [6.45, 7) is 0. The Kier molecular flexibility index (Phi) is 13.9. The van der Waals surface area contributed by atoms with Crippen LogP contribution < -0.4 is 0 Å². The van der Waals surface area contributed by atoms with Gasteiger partial charge in [0, 0.05) is 87.1 Å². The number of hydrogen-bond acceptors (Lipinski definition) is 3. The molecule has 16 aromatic carbocycles. The highest BCUT2D eigenvalue weighted by Gasteiger charge is 2.34. The van der Waals surface area contributed by atoms with Gasteiger partial charge in [-0.15, -0.1) is 0 Å². The lowest BCUT2D eigenvalue weighted by Gasteiger charge is -2.26. The van der Waals surface area contributed by atoms with E-state index in [0.717, 1.165) is 166 Å². The second kappa shape index (κ2) is 25.0. The van der Waals surface area contributed by atoms with E-state index in [1.54, 1.807) is 0 Å². The maximum atomic E-state index is 6.72. The van der Waals surface area contributed by atoms with Crippen LogP contribution in [0.5, 0.6) is 0 Å². The Balaban J connectivity index is 0.865. The van der Waals surface area contributed by atoms with Gasteiger partial charge in [0.2, 0.25) is 0 Å². The Morgan fingerprint density at radius 2 is 0.404 bits per heavy atom. The van der Waals surface area contributed by atoms with Crippen LogP contribution in [0.1, 0.15) is 0 Å². The van der Waals surface area contributed by atoms with Gasteiger partial charge in [-0.3, -0.25) is 9.13 Å². The summed E-state index contributed by atoms with van der Waals surface area (Å²) in [5, 5.41) is 13.6. The molecule has 0 aliphatic rings. The summed E-state index contributed by atoms with van der Waals surface area (Å²) in [6.07, 6.45) is 0. The van der Waals surface area contributed by atoms with E-state index in [2.05, 4.69) is 422 Å². The molecule has 0 spiro atoms. The van der Waals surface area contributed by atoms with Crippen molar-refractivity contribution in [2.24, 2.45) is 0 Å². The molecule has 0 radical (unpaired) electrons. The quantitative estimate of drug-likeness (QED) is 0.130. The molecule has 0 saturated carbocycles. The highest BCUT2D eigenvalue weighted by Crippen LogP contribution is 2.51. The molecule has 0 saturated heterocycles. The fraction of sp³-hybridized carbons (Fsp3) is 0. The first-order chi connectivity index (χ1) is 56.6. The Morgan fingerprint density at radius 3 is 0.737 bits per heavy atom. The van der Waals surface area contributed by atoms with E-state index in [1.807, 2.05) is 0 Å². The zero-order chi connectivity index (χ0) is 74.6. The smallest absolute Gasteiger partial charge is 0.165 e. The molecule has 0 aliphatic carbocycles. The zero-order valence-electron chi connectivity index (χ0n) is 61.6. The SMILES string of the molecule is c1ccc(-c2cc(-c3c(-n4c5ccccc5c5ccccc54)c(-n4c5ccccc5c5cc(-c6ccc7c(c6)c6ccccc6n7-c6ccccc6)ccc54)nc(-n4c5ccccc5c5cc(-c6ccc7c(c6)c6ccccc6n7-c6ccccc6)ccc54)c3-n3c4ccccc4c4ccccc43)nc(-c3ccccc3)n2)cc1. The fourth-order valence-electron chi connectivity index (χ4n) is 18.7. The molecule has 24 rings (SSSR count). The van der Waals surface area contributed by atoms with Gasteiger partial charge < -0.3 is 18.3 Å². The van der Waals surface area contributed by atoms with Crippen LogP contribution in [-0.2, 0) is 0 Å². The van der Waals surface area contributed by atoms with Crippen molar-refractivity contribution in [1.82, 2.24) is 42.4 Å². The molecule has 8 heterocycles. The standard InChI is InChI=1S/C105H65N9/c1-5-29-66(30-6-1)86-65-87(107-103(106-86)67-31-7-2-8-32-67)100-101(111-90-47-23-13-37-74(90)75-38-14-24-48-91(75)111)104(113-94-51-27-19-43-80(94)84-63-70(55-59-98(84)113)68-53-57-96-82(61-68)78-41-17-21-45-88(78)109(96)72-33-9-3-10-34-72)108-105(102(100)112-92-49-25-15-39-76(92)77-40-16-26-50-93(77)112)114-95-52-28-20-44-81(95)85-64-71(56-60-99(85)114)69-54-58-97-83(62-69)79-42-18-22-46-89(79)110(97)73-35-11-4-12-36-73/h1-65H. The lowest BCUT2D eigenvalue weighted by Crippen LogP contribution is -2.16. The van der Waals surface area contributed by atoms with Crippen LogP contribution in [0, 0.1) is 0 Å². The molecule has 0 bridgehead atoms. The van der Waals surface area contributed by atoms with Crippen LogP contribution >= 0.6 is 0 Å². The summed E-state index contributed by atoms with van der Waals surface area (Å²) >= 11 is 0. The van der Waals surface area contributed by atoms with E-state index in [0.29, 0.717) is 23.2 Å². The molecule has 8 aromatic heterocycles. The summed E-state index contributed by atoms with van der Waals surface area (Å²) in [4.78, 5) is 18.4. The third kappa shape index (κ3) is 9.50. The van der Waals surface area contributed by atoms with Crippen molar-refractivity contribution < 1.29 is 0 Å². The van der Waals surface area contributed by atoms with Gasteiger partial charge in [0.05, 0.1) is 83.2 Å². The third-order valence-electron chi connectivity index (χ3n) is 23.6. The Hall–Kier alpha value is -15.5. The lowest BCUT2D eigenvalue weighted by atomic mass is 10.0. The minimum absolute atomic E-state index is 0.590. The van der Waals surface area contributed by atoms with Crippen molar-refractivity contribution in [2.75, 3.05) is 0 Å². The number of hydrogen-bond donors (Lipinski definition) is 0. The number of pyridine rings is 1. The molecule has 9 nitrogen and oxygen atoms in total. The summed E-state index contributed by atoms with van der Waals surface area (Å²) in [5.41, 5.74) is 25.3. The molecule has 0 N–H and O–H groups in total. The summed E-state index contributed by atoms with van der Waals surface area (Å²) in [7, 11) is 0. The molecule has 9 heteroatoms. The van der Waals surface area contributed by atoms with Crippen LogP contribution in [-0.4, -0.2) is 42.4 Å². The Bertz CT molecular complexity index is 7520. The van der Waals surface area contributed by atoms with Crippen molar-refractivity contribution in [3.8, 4) is 90.5 Å². The van der Waals surface area contributed by atoms with E-state index in [-0.39, 0.29) is 0 Å². The monoisotopic (exact) mass is 1450 g/mol. The van der Waals surface area contributed by atoms with Gasteiger partial charge in [-0.2, -0.15) is 0 Å². The minimum Gasteiger partial charge on any atom is -0.309 e. The molecule has 0 amide bonds. The van der Waals surface area contributed by atoms with Gasteiger partial charge in [-0.05, 0) is 150 Å². The van der Waals surface area contributed by atoms with Crippen LogP contribution in [0.2, 0.25) is 0 Å².